The molecule has 0 heterocycles. The first kappa shape index (κ1) is 55.9. The molecule has 0 saturated carbocycles. The Kier molecular flexibility index (Phi) is 45.0. The van der Waals surface area contributed by atoms with Gasteiger partial charge in [-0.15, -0.1) is 0 Å². The smallest absolute Gasteiger partial charge is 0.306 e. The largest absolute Gasteiger partial charge is 0.462 e. The molecule has 0 aromatic carbocycles. The minimum Gasteiger partial charge on any atom is -0.462 e. The number of hydrogen-bond acceptors (Lipinski definition) is 6. The number of carbonyl (C=O) groups excluding carboxylic acids is 3. The highest BCUT2D eigenvalue weighted by molar-refractivity contribution is 5.71. The predicted molar refractivity (Wildman–Crippen MR) is 251 cm³/mol. The first-order valence-electron chi connectivity index (χ1n) is 24.5. The number of esters is 3. The normalized spacial score (nSPS) is 12.7. The maximum atomic E-state index is 12.7. The first-order chi connectivity index (χ1) is 29.0. The van der Waals surface area contributed by atoms with E-state index in [4.69, 9.17) is 14.2 Å². The molecule has 0 aliphatic carbocycles. The molecular formula is C53H90O6. The maximum absolute atomic E-state index is 12.7. The monoisotopic (exact) mass is 823 g/mol. The van der Waals surface area contributed by atoms with Crippen molar-refractivity contribution in [3.05, 3.63) is 72.9 Å². The molecule has 0 aliphatic heterocycles. The highest BCUT2D eigenvalue weighted by Crippen LogP contribution is 2.14. The van der Waals surface area contributed by atoms with Crippen molar-refractivity contribution in [3.8, 4) is 0 Å². The van der Waals surface area contributed by atoms with E-state index in [1.807, 2.05) is 54.7 Å². The highest BCUT2D eigenvalue weighted by atomic mass is 16.6. The zero-order valence-corrected chi connectivity index (χ0v) is 38.5. The van der Waals surface area contributed by atoms with Crippen molar-refractivity contribution in [2.75, 3.05) is 13.2 Å². The van der Waals surface area contributed by atoms with Crippen LogP contribution in [0, 0.1) is 0 Å². The Morgan fingerprint density at radius 3 is 1.12 bits per heavy atom. The lowest BCUT2D eigenvalue weighted by molar-refractivity contribution is -0.167. The van der Waals surface area contributed by atoms with Crippen LogP contribution in [0.15, 0.2) is 72.9 Å². The second-order valence-corrected chi connectivity index (χ2v) is 16.1. The van der Waals surface area contributed by atoms with Crippen LogP contribution in [0.3, 0.4) is 0 Å². The second-order valence-electron chi connectivity index (χ2n) is 16.1. The molecule has 0 N–H and O–H groups in total. The van der Waals surface area contributed by atoms with Crippen LogP contribution in [0.5, 0.6) is 0 Å². The fraction of sp³-hybridized carbons (Fsp3) is 0.717. The van der Waals surface area contributed by atoms with Crippen molar-refractivity contribution in [3.63, 3.8) is 0 Å². The standard InChI is InChI=1S/C53H90O6/c1-4-7-10-13-16-19-22-24-25-26-27-29-31-34-37-40-43-46-52(55)58-49-50(48-57-51(54)45-42-39-36-33-30-21-18-15-12-9-6-3)59-53(56)47-44-41-38-35-32-28-23-20-17-14-11-8-5-2/h8,11,14,17,20,23-25,28,32,35,38,50H,4-7,9-10,12-13,15-16,18-19,21-22,26-27,29-31,33-34,36-37,39-49H2,1-3H3/b11-8-,17-14-,23-20-,25-24-,32-28-,38-35-. The van der Waals surface area contributed by atoms with E-state index in [2.05, 4.69) is 39.0 Å². The summed E-state index contributed by atoms with van der Waals surface area (Å²) < 4.78 is 16.7. The van der Waals surface area contributed by atoms with Gasteiger partial charge in [0, 0.05) is 19.3 Å². The van der Waals surface area contributed by atoms with Gasteiger partial charge in [0.2, 0.25) is 0 Å². The van der Waals surface area contributed by atoms with Crippen molar-refractivity contribution in [1.29, 1.82) is 0 Å². The van der Waals surface area contributed by atoms with Crippen molar-refractivity contribution in [1.82, 2.24) is 0 Å². The fourth-order valence-electron chi connectivity index (χ4n) is 6.64. The van der Waals surface area contributed by atoms with Gasteiger partial charge in [0.1, 0.15) is 13.2 Å². The van der Waals surface area contributed by atoms with Crippen LogP contribution >= 0.6 is 0 Å². The van der Waals surface area contributed by atoms with Crippen molar-refractivity contribution < 1.29 is 28.6 Å². The summed E-state index contributed by atoms with van der Waals surface area (Å²) in [4.78, 5) is 37.8. The van der Waals surface area contributed by atoms with E-state index in [-0.39, 0.29) is 37.5 Å². The summed E-state index contributed by atoms with van der Waals surface area (Å²) in [5, 5.41) is 0. The van der Waals surface area contributed by atoms with Gasteiger partial charge in [-0.2, -0.15) is 0 Å². The summed E-state index contributed by atoms with van der Waals surface area (Å²) in [6, 6.07) is 0. The molecule has 0 radical (unpaired) electrons. The fourth-order valence-corrected chi connectivity index (χ4v) is 6.64. The molecule has 0 amide bonds. The van der Waals surface area contributed by atoms with Crippen LogP contribution in [-0.2, 0) is 28.6 Å². The van der Waals surface area contributed by atoms with Crippen molar-refractivity contribution in [2.45, 2.75) is 232 Å². The van der Waals surface area contributed by atoms with Gasteiger partial charge in [-0.1, -0.05) is 222 Å². The van der Waals surface area contributed by atoms with Crippen LogP contribution < -0.4 is 0 Å². The van der Waals surface area contributed by atoms with E-state index in [1.165, 1.54) is 128 Å². The third-order valence-electron chi connectivity index (χ3n) is 10.3. The molecule has 6 heteroatoms. The number of ether oxygens (including phenoxy) is 3. The Morgan fingerprint density at radius 2 is 0.695 bits per heavy atom. The van der Waals surface area contributed by atoms with E-state index in [9.17, 15) is 14.4 Å². The van der Waals surface area contributed by atoms with Gasteiger partial charge >= 0.3 is 17.9 Å². The third kappa shape index (κ3) is 45.8. The molecule has 0 aromatic rings. The molecule has 338 valence electrons. The minimum atomic E-state index is -0.810. The Bertz CT molecular complexity index is 1130. The van der Waals surface area contributed by atoms with Crippen LogP contribution in [0.25, 0.3) is 0 Å². The number of allylic oxidation sites excluding steroid dienone is 12. The van der Waals surface area contributed by atoms with E-state index < -0.39 is 6.10 Å². The van der Waals surface area contributed by atoms with Gasteiger partial charge < -0.3 is 14.2 Å². The molecule has 0 bridgehead atoms. The number of unbranched alkanes of at least 4 members (excludes halogenated alkanes) is 24. The summed E-state index contributed by atoms with van der Waals surface area (Å²) in [6.45, 7) is 6.41. The second kappa shape index (κ2) is 47.5. The molecule has 59 heavy (non-hydrogen) atoms. The molecule has 6 nitrogen and oxygen atoms in total. The van der Waals surface area contributed by atoms with Crippen LogP contribution in [0.2, 0.25) is 0 Å². The lowest BCUT2D eigenvalue weighted by Gasteiger charge is -2.18. The average molecular weight is 823 g/mol. The number of rotatable bonds is 43. The Hall–Kier alpha value is -3.15. The van der Waals surface area contributed by atoms with Crippen LogP contribution in [0.1, 0.15) is 226 Å². The summed E-state index contributed by atoms with van der Waals surface area (Å²) in [5.74, 6) is -0.985. The van der Waals surface area contributed by atoms with E-state index in [1.54, 1.807) is 0 Å². The van der Waals surface area contributed by atoms with Crippen LogP contribution in [-0.4, -0.2) is 37.2 Å². The van der Waals surface area contributed by atoms with Gasteiger partial charge in [-0.3, -0.25) is 14.4 Å². The topological polar surface area (TPSA) is 78.9 Å². The van der Waals surface area contributed by atoms with Gasteiger partial charge in [0.25, 0.3) is 0 Å². The summed E-state index contributed by atoms with van der Waals surface area (Å²) >= 11 is 0. The van der Waals surface area contributed by atoms with Crippen molar-refractivity contribution in [2.24, 2.45) is 0 Å². The van der Waals surface area contributed by atoms with E-state index in [0.717, 1.165) is 51.4 Å². The number of carbonyl (C=O) groups is 3. The quantitative estimate of drug-likeness (QED) is 0.0200. The predicted octanol–water partition coefficient (Wildman–Crippen LogP) is 15.9. The molecule has 0 aliphatic rings. The summed E-state index contributed by atoms with van der Waals surface area (Å²) in [6.07, 6.45) is 58.9. The molecular weight excluding hydrogens is 733 g/mol. The lowest BCUT2D eigenvalue weighted by Crippen LogP contribution is -2.30. The minimum absolute atomic E-state index is 0.104. The van der Waals surface area contributed by atoms with Crippen LogP contribution in [0.4, 0.5) is 0 Å². The third-order valence-corrected chi connectivity index (χ3v) is 10.3. The zero-order valence-electron chi connectivity index (χ0n) is 38.5. The van der Waals surface area contributed by atoms with Gasteiger partial charge in [0.15, 0.2) is 6.10 Å². The maximum Gasteiger partial charge on any atom is 0.306 e. The molecule has 1 unspecified atom stereocenters. The SMILES string of the molecule is CC\C=C/C=C\C=C/C=C\C=C/CCCC(=O)OC(COC(=O)CCCCCCCCC/C=C\CCCCCCCC)COC(=O)CCCCCCCCCCCCC. The highest BCUT2D eigenvalue weighted by Gasteiger charge is 2.19. The Morgan fingerprint density at radius 1 is 0.356 bits per heavy atom. The van der Waals surface area contributed by atoms with Gasteiger partial charge in [-0.05, 0) is 57.8 Å². The zero-order chi connectivity index (χ0) is 43.0. The first-order valence-corrected chi connectivity index (χ1v) is 24.5. The van der Waals surface area contributed by atoms with E-state index in [0.29, 0.717) is 19.3 Å². The Balaban J connectivity index is 4.45. The Labute approximate surface area is 363 Å². The summed E-state index contributed by atoms with van der Waals surface area (Å²) in [7, 11) is 0. The molecule has 0 saturated heterocycles. The molecule has 0 spiro atoms. The average Bonchev–Trinajstić information content (AvgIpc) is 3.23. The summed E-state index contributed by atoms with van der Waals surface area (Å²) in [5.41, 5.74) is 0. The number of hydrogen-bond donors (Lipinski definition) is 0. The molecule has 0 fully saturated rings. The molecule has 1 atom stereocenters. The lowest BCUT2D eigenvalue weighted by atomic mass is 10.1. The molecule has 0 aromatic heterocycles. The van der Waals surface area contributed by atoms with E-state index >= 15 is 0 Å². The van der Waals surface area contributed by atoms with Gasteiger partial charge in [0.05, 0.1) is 0 Å². The van der Waals surface area contributed by atoms with Gasteiger partial charge in [-0.25, -0.2) is 0 Å². The van der Waals surface area contributed by atoms with Crippen molar-refractivity contribution >= 4 is 17.9 Å². The molecule has 0 rings (SSSR count).